The first-order valence-corrected chi connectivity index (χ1v) is 10.9. The van der Waals surface area contributed by atoms with Crippen molar-refractivity contribution in [2.75, 3.05) is 23.7 Å². The number of carbonyl (C=O) groups is 2. The number of aryl methyl sites for hydroxylation is 1. The van der Waals surface area contributed by atoms with Crippen LogP contribution in [0.15, 0.2) is 24.3 Å². The summed E-state index contributed by atoms with van der Waals surface area (Å²) in [5.41, 5.74) is 2.20. The molecule has 0 N–H and O–H groups in total. The maximum absolute atomic E-state index is 12.8. The molecule has 2 aliphatic heterocycles. The summed E-state index contributed by atoms with van der Waals surface area (Å²) in [4.78, 5) is 29.4. The third kappa shape index (κ3) is 3.26. The van der Waals surface area contributed by atoms with Crippen LogP contribution >= 0.6 is 11.8 Å². The van der Waals surface area contributed by atoms with Crippen LogP contribution in [0.5, 0.6) is 0 Å². The van der Waals surface area contributed by atoms with Crippen molar-refractivity contribution >= 4 is 29.3 Å². The molecule has 1 aromatic carbocycles. The first-order chi connectivity index (χ1) is 12.6. The second kappa shape index (κ2) is 7.26. The molecule has 3 fully saturated rings. The average molecular weight is 373 g/mol. The van der Waals surface area contributed by atoms with Crippen LogP contribution in [-0.4, -0.2) is 40.4 Å². The van der Waals surface area contributed by atoms with E-state index in [-0.39, 0.29) is 16.7 Å². The molecule has 1 aliphatic carbocycles. The Kier molecular flexibility index (Phi) is 5.00. The molecule has 4 rings (SSSR count). The third-order valence-corrected chi connectivity index (χ3v) is 7.74. The van der Waals surface area contributed by atoms with Crippen LogP contribution in [0.4, 0.5) is 5.69 Å². The van der Waals surface area contributed by atoms with Crippen molar-refractivity contribution < 1.29 is 9.59 Å². The highest BCUT2D eigenvalue weighted by molar-refractivity contribution is 8.02. The van der Waals surface area contributed by atoms with Gasteiger partial charge in [-0.15, -0.1) is 11.8 Å². The third-order valence-electron chi connectivity index (χ3n) is 6.22. The van der Waals surface area contributed by atoms with Crippen molar-refractivity contribution in [3.63, 3.8) is 0 Å². The molecule has 1 spiro atoms. The zero-order valence-electron chi connectivity index (χ0n) is 15.6. The predicted octanol–water partition coefficient (Wildman–Crippen LogP) is 3.97. The lowest BCUT2D eigenvalue weighted by atomic mass is 9.87. The topological polar surface area (TPSA) is 40.6 Å². The minimum absolute atomic E-state index is 0.171. The van der Waals surface area contributed by atoms with Crippen LogP contribution in [0.1, 0.15) is 50.5 Å². The quantitative estimate of drug-likeness (QED) is 0.789. The zero-order chi connectivity index (χ0) is 18.1. The Morgan fingerprint density at radius 3 is 2.38 bits per heavy atom. The Morgan fingerprint density at radius 1 is 1.08 bits per heavy atom. The van der Waals surface area contributed by atoms with Crippen LogP contribution in [0.3, 0.4) is 0 Å². The van der Waals surface area contributed by atoms with E-state index >= 15 is 0 Å². The van der Waals surface area contributed by atoms with Crippen LogP contribution in [0.2, 0.25) is 0 Å². The summed E-state index contributed by atoms with van der Waals surface area (Å²) in [5.74, 6) is 1.34. The normalized spacial score (nSPS) is 23.7. The Bertz CT molecular complexity index is 674. The number of hydrogen-bond donors (Lipinski definition) is 0. The molecule has 2 saturated heterocycles. The van der Waals surface area contributed by atoms with Crippen molar-refractivity contribution in [2.24, 2.45) is 5.92 Å². The minimum atomic E-state index is -0.171. The van der Waals surface area contributed by atoms with Gasteiger partial charge < -0.3 is 4.90 Å². The van der Waals surface area contributed by atoms with E-state index in [1.165, 1.54) is 24.8 Å². The lowest BCUT2D eigenvalue weighted by Crippen LogP contribution is -2.54. The van der Waals surface area contributed by atoms with E-state index in [1.54, 1.807) is 11.8 Å². The molecule has 0 unspecified atom stereocenters. The predicted molar refractivity (Wildman–Crippen MR) is 106 cm³/mol. The van der Waals surface area contributed by atoms with E-state index in [9.17, 15) is 9.59 Å². The zero-order valence-corrected chi connectivity index (χ0v) is 16.4. The number of hydrogen-bond acceptors (Lipinski definition) is 3. The summed E-state index contributed by atoms with van der Waals surface area (Å²) in [6, 6.07) is 8.25. The summed E-state index contributed by atoms with van der Waals surface area (Å²) in [6.07, 6.45) is 7.52. The van der Waals surface area contributed by atoms with E-state index < -0.39 is 0 Å². The summed E-state index contributed by atoms with van der Waals surface area (Å²) < 4.78 is 0. The van der Waals surface area contributed by atoms with Gasteiger partial charge in [-0.25, -0.2) is 0 Å². The van der Waals surface area contributed by atoms with Gasteiger partial charge in [0.2, 0.25) is 11.8 Å². The first-order valence-electron chi connectivity index (χ1n) is 9.92. The van der Waals surface area contributed by atoms with Gasteiger partial charge in [0.05, 0.1) is 10.6 Å². The molecule has 26 heavy (non-hydrogen) atoms. The molecule has 4 nitrogen and oxygen atoms in total. The van der Waals surface area contributed by atoms with Crippen molar-refractivity contribution in [3.05, 3.63) is 29.8 Å². The molecular weight excluding hydrogens is 344 g/mol. The van der Waals surface area contributed by atoms with Crippen LogP contribution in [0, 0.1) is 12.8 Å². The Morgan fingerprint density at radius 2 is 1.73 bits per heavy atom. The van der Waals surface area contributed by atoms with Gasteiger partial charge in [0.25, 0.3) is 0 Å². The van der Waals surface area contributed by atoms with E-state index in [0.717, 1.165) is 44.5 Å². The van der Waals surface area contributed by atoms with Crippen molar-refractivity contribution in [1.82, 2.24) is 4.90 Å². The fraction of sp³-hybridized carbons (Fsp3) is 0.619. The van der Waals surface area contributed by atoms with Gasteiger partial charge in [-0.2, -0.15) is 0 Å². The second-order valence-electron chi connectivity index (χ2n) is 7.96. The largest absolute Gasteiger partial charge is 0.342 e. The number of nitrogens with zero attached hydrogens (tertiary/aromatic N) is 2. The van der Waals surface area contributed by atoms with Gasteiger partial charge in [-0.1, -0.05) is 37.0 Å². The molecule has 2 heterocycles. The number of benzene rings is 1. The van der Waals surface area contributed by atoms with E-state index in [0.29, 0.717) is 11.7 Å². The Labute approximate surface area is 160 Å². The average Bonchev–Trinajstić information content (AvgIpc) is 2.99. The smallest absolute Gasteiger partial charge is 0.238 e. The van der Waals surface area contributed by atoms with Gasteiger partial charge >= 0.3 is 0 Å². The molecule has 1 saturated carbocycles. The van der Waals surface area contributed by atoms with Gasteiger partial charge in [-0.3, -0.25) is 14.5 Å². The van der Waals surface area contributed by atoms with Crippen LogP contribution in [-0.2, 0) is 9.59 Å². The summed E-state index contributed by atoms with van der Waals surface area (Å²) in [7, 11) is 0. The molecule has 0 atom stereocenters. The van der Waals surface area contributed by atoms with Crippen molar-refractivity contribution in [3.8, 4) is 0 Å². The fourth-order valence-electron chi connectivity index (χ4n) is 4.68. The standard InChI is InChI=1S/C21H28N2O2S/c1-16-7-9-18(10-8-16)23-19(24)15-26-21(23)11-13-22(14-12-21)20(25)17-5-3-2-4-6-17/h7-10,17H,2-6,11-15H2,1H3. The van der Waals surface area contributed by atoms with E-state index in [2.05, 4.69) is 36.1 Å². The maximum Gasteiger partial charge on any atom is 0.238 e. The lowest BCUT2D eigenvalue weighted by Gasteiger charge is -2.44. The number of thioether (sulfide) groups is 1. The second-order valence-corrected chi connectivity index (χ2v) is 9.30. The van der Waals surface area contributed by atoms with E-state index in [1.807, 2.05) is 4.90 Å². The summed E-state index contributed by atoms with van der Waals surface area (Å²) >= 11 is 1.77. The van der Waals surface area contributed by atoms with Gasteiger partial charge in [0.1, 0.15) is 0 Å². The van der Waals surface area contributed by atoms with Crippen molar-refractivity contribution in [1.29, 1.82) is 0 Å². The van der Waals surface area contributed by atoms with Crippen LogP contribution in [0.25, 0.3) is 0 Å². The van der Waals surface area contributed by atoms with Gasteiger partial charge in [-0.05, 0) is 44.7 Å². The number of anilines is 1. The van der Waals surface area contributed by atoms with E-state index in [4.69, 9.17) is 0 Å². The van der Waals surface area contributed by atoms with Gasteiger partial charge in [0.15, 0.2) is 0 Å². The van der Waals surface area contributed by atoms with Gasteiger partial charge in [0, 0.05) is 24.7 Å². The molecular formula is C21H28N2O2S. The lowest BCUT2D eigenvalue weighted by molar-refractivity contribution is -0.137. The monoisotopic (exact) mass is 372 g/mol. The van der Waals surface area contributed by atoms with Crippen LogP contribution < -0.4 is 4.90 Å². The molecule has 0 radical (unpaired) electrons. The van der Waals surface area contributed by atoms with Crippen molar-refractivity contribution in [2.45, 2.75) is 56.7 Å². The first kappa shape index (κ1) is 17.9. The highest BCUT2D eigenvalue weighted by Crippen LogP contribution is 2.47. The SMILES string of the molecule is Cc1ccc(N2C(=O)CSC23CCN(C(=O)C2CCCCC2)CC3)cc1. The Balaban J connectivity index is 1.47. The molecule has 0 bridgehead atoms. The molecule has 0 aromatic heterocycles. The molecule has 140 valence electrons. The number of piperidine rings is 1. The summed E-state index contributed by atoms with van der Waals surface area (Å²) in [6.45, 7) is 3.62. The number of amides is 2. The fourth-order valence-corrected chi connectivity index (χ4v) is 6.01. The number of carbonyl (C=O) groups excluding carboxylic acids is 2. The highest BCUT2D eigenvalue weighted by atomic mass is 32.2. The minimum Gasteiger partial charge on any atom is -0.342 e. The Hall–Kier alpha value is -1.49. The molecule has 2 amide bonds. The number of rotatable bonds is 2. The summed E-state index contributed by atoms with van der Waals surface area (Å²) in [5, 5.41) is 0. The number of likely N-dealkylation sites (tertiary alicyclic amines) is 1. The molecule has 5 heteroatoms. The molecule has 1 aromatic rings. The molecule has 3 aliphatic rings. The highest BCUT2D eigenvalue weighted by Gasteiger charge is 2.49. The maximum atomic E-state index is 12.8.